The zero-order valence-corrected chi connectivity index (χ0v) is 17.0. The second-order valence-corrected chi connectivity index (χ2v) is 5.92. The zero-order valence-electron chi connectivity index (χ0n) is 13.9. The Morgan fingerprint density at radius 3 is 2.64 bits per heavy atom. The van der Waals surface area contributed by atoms with E-state index in [0.29, 0.717) is 0 Å². The number of ether oxygens (including phenoxy) is 1. The number of nitrogens with one attached hydrogen (secondary N) is 2. The van der Waals surface area contributed by atoms with Gasteiger partial charge in [-0.15, -0.1) is 35.3 Å². The van der Waals surface area contributed by atoms with Crippen LogP contribution in [0.3, 0.4) is 0 Å². The highest BCUT2D eigenvalue weighted by Gasteiger charge is 2.00. The van der Waals surface area contributed by atoms with Gasteiger partial charge >= 0.3 is 0 Å². The molecule has 1 rings (SSSR count). The van der Waals surface area contributed by atoms with Crippen LogP contribution in [-0.2, 0) is 11.2 Å². The van der Waals surface area contributed by atoms with Gasteiger partial charge in [0.05, 0.1) is 10.7 Å². The van der Waals surface area contributed by atoms with Crippen molar-refractivity contribution in [2.75, 3.05) is 33.4 Å². The monoisotopic (exact) mass is 440 g/mol. The van der Waals surface area contributed by atoms with E-state index in [1.807, 2.05) is 6.92 Å². The minimum absolute atomic E-state index is 0. The predicted molar refractivity (Wildman–Crippen MR) is 106 cm³/mol. The summed E-state index contributed by atoms with van der Waals surface area (Å²) in [7, 11) is 1.79. The molecule has 0 aliphatic rings. The van der Waals surface area contributed by atoms with Crippen molar-refractivity contribution < 1.29 is 4.74 Å². The van der Waals surface area contributed by atoms with Crippen molar-refractivity contribution in [3.63, 3.8) is 0 Å². The fourth-order valence-corrected chi connectivity index (χ4v) is 2.43. The van der Waals surface area contributed by atoms with Crippen molar-refractivity contribution in [1.29, 1.82) is 0 Å². The molecular weight excluding hydrogens is 411 g/mol. The Balaban J connectivity index is 0.00000441. The number of aromatic nitrogens is 1. The highest BCUT2D eigenvalue weighted by Crippen LogP contribution is 2.07. The lowest BCUT2D eigenvalue weighted by Crippen LogP contribution is -2.39. The molecule has 0 radical (unpaired) electrons. The standard InChI is InChI=1S/C15H28N4OS.HI/c1-4-5-10-20-11-6-8-17-15(16-3)18-9-7-14-12-21-13(2)19-14;/h12H,4-11H2,1-3H3,(H2,16,17,18);1H. The summed E-state index contributed by atoms with van der Waals surface area (Å²) in [6, 6.07) is 0. The third-order valence-electron chi connectivity index (χ3n) is 2.96. The number of hydrogen-bond donors (Lipinski definition) is 2. The summed E-state index contributed by atoms with van der Waals surface area (Å²) in [5.74, 6) is 0.843. The Kier molecular flexibility index (Phi) is 13.9. The van der Waals surface area contributed by atoms with Gasteiger partial charge in [-0.05, 0) is 19.8 Å². The van der Waals surface area contributed by atoms with Crippen molar-refractivity contribution >= 4 is 41.3 Å². The first-order valence-corrected chi connectivity index (χ1v) is 8.57. The Labute approximate surface area is 155 Å². The molecule has 22 heavy (non-hydrogen) atoms. The van der Waals surface area contributed by atoms with Crippen LogP contribution in [0.5, 0.6) is 0 Å². The van der Waals surface area contributed by atoms with Gasteiger partial charge in [0.2, 0.25) is 0 Å². The molecule has 0 aliphatic heterocycles. The van der Waals surface area contributed by atoms with Gasteiger partial charge in [0.15, 0.2) is 5.96 Å². The van der Waals surface area contributed by atoms with Gasteiger partial charge in [0.1, 0.15) is 0 Å². The molecule has 0 saturated carbocycles. The number of thiazole rings is 1. The van der Waals surface area contributed by atoms with E-state index in [1.54, 1.807) is 18.4 Å². The van der Waals surface area contributed by atoms with Gasteiger partial charge in [-0.1, -0.05) is 13.3 Å². The van der Waals surface area contributed by atoms with E-state index in [0.717, 1.165) is 62.2 Å². The topological polar surface area (TPSA) is 58.5 Å². The minimum Gasteiger partial charge on any atom is -0.381 e. The van der Waals surface area contributed by atoms with E-state index in [-0.39, 0.29) is 24.0 Å². The van der Waals surface area contributed by atoms with Crippen LogP contribution in [0.15, 0.2) is 10.4 Å². The lowest BCUT2D eigenvalue weighted by molar-refractivity contribution is 0.129. The summed E-state index contributed by atoms with van der Waals surface area (Å²) >= 11 is 1.70. The van der Waals surface area contributed by atoms with Gasteiger partial charge in [-0.3, -0.25) is 4.99 Å². The number of aliphatic imine (C=N–C) groups is 1. The van der Waals surface area contributed by atoms with Gasteiger partial charge in [0.25, 0.3) is 0 Å². The summed E-state index contributed by atoms with van der Waals surface area (Å²) in [6.07, 6.45) is 4.25. The Bertz CT molecular complexity index is 412. The predicted octanol–water partition coefficient (Wildman–Crippen LogP) is 2.98. The summed E-state index contributed by atoms with van der Waals surface area (Å²) in [5, 5.41) is 9.83. The first-order chi connectivity index (χ1) is 10.3. The van der Waals surface area contributed by atoms with Crippen LogP contribution < -0.4 is 10.6 Å². The van der Waals surface area contributed by atoms with Gasteiger partial charge < -0.3 is 15.4 Å². The molecule has 0 bridgehead atoms. The first kappa shape index (κ1) is 21.6. The molecule has 1 heterocycles. The molecule has 0 saturated heterocycles. The molecule has 2 N–H and O–H groups in total. The van der Waals surface area contributed by atoms with Crippen molar-refractivity contribution in [2.24, 2.45) is 4.99 Å². The number of rotatable bonds is 10. The van der Waals surface area contributed by atoms with Crippen molar-refractivity contribution in [2.45, 2.75) is 39.5 Å². The lowest BCUT2D eigenvalue weighted by Gasteiger charge is -2.11. The second kappa shape index (κ2) is 14.2. The number of aryl methyl sites for hydroxylation is 1. The molecule has 0 spiro atoms. The average molecular weight is 440 g/mol. The van der Waals surface area contributed by atoms with Crippen molar-refractivity contribution in [3.8, 4) is 0 Å². The molecule has 5 nitrogen and oxygen atoms in total. The highest BCUT2D eigenvalue weighted by molar-refractivity contribution is 14.0. The van der Waals surface area contributed by atoms with Crippen molar-refractivity contribution in [1.82, 2.24) is 15.6 Å². The fraction of sp³-hybridized carbons (Fsp3) is 0.733. The van der Waals surface area contributed by atoms with Gasteiger partial charge in [-0.25, -0.2) is 4.98 Å². The summed E-state index contributed by atoms with van der Waals surface area (Å²) in [5.41, 5.74) is 1.14. The maximum Gasteiger partial charge on any atom is 0.190 e. The van der Waals surface area contributed by atoms with E-state index < -0.39 is 0 Å². The van der Waals surface area contributed by atoms with Crippen LogP contribution >= 0.6 is 35.3 Å². The normalized spacial score (nSPS) is 11.1. The molecule has 0 amide bonds. The molecule has 0 atom stereocenters. The summed E-state index contributed by atoms with van der Waals surface area (Å²) < 4.78 is 5.52. The SMILES string of the molecule is CCCCOCCCNC(=NC)NCCc1csc(C)n1.I. The molecule has 0 aromatic carbocycles. The Morgan fingerprint density at radius 2 is 2.00 bits per heavy atom. The van der Waals surface area contributed by atoms with Crippen LogP contribution in [0.2, 0.25) is 0 Å². The molecule has 0 aliphatic carbocycles. The quantitative estimate of drug-likeness (QED) is 0.254. The molecule has 1 aromatic rings. The fourth-order valence-electron chi connectivity index (χ4n) is 1.78. The smallest absolute Gasteiger partial charge is 0.190 e. The average Bonchev–Trinajstić information content (AvgIpc) is 2.90. The van der Waals surface area contributed by atoms with Gasteiger partial charge in [-0.2, -0.15) is 0 Å². The van der Waals surface area contributed by atoms with Crippen LogP contribution in [0, 0.1) is 6.92 Å². The van der Waals surface area contributed by atoms with E-state index in [4.69, 9.17) is 4.74 Å². The van der Waals surface area contributed by atoms with Gasteiger partial charge in [0, 0.05) is 45.2 Å². The Morgan fingerprint density at radius 1 is 1.27 bits per heavy atom. The number of unbranched alkanes of at least 4 members (excludes halogenated alkanes) is 1. The van der Waals surface area contributed by atoms with Crippen LogP contribution in [0.4, 0.5) is 0 Å². The maximum absolute atomic E-state index is 5.52. The number of hydrogen-bond acceptors (Lipinski definition) is 4. The maximum atomic E-state index is 5.52. The molecular formula is C15H29IN4OS. The zero-order chi connectivity index (χ0) is 15.3. The molecule has 128 valence electrons. The summed E-state index contributed by atoms with van der Waals surface area (Å²) in [6.45, 7) is 7.61. The van der Waals surface area contributed by atoms with Crippen molar-refractivity contribution in [3.05, 3.63) is 16.1 Å². The number of halogens is 1. The molecule has 0 unspecified atom stereocenters. The minimum atomic E-state index is 0. The highest BCUT2D eigenvalue weighted by atomic mass is 127. The molecule has 0 fully saturated rings. The lowest BCUT2D eigenvalue weighted by atomic mass is 10.3. The van der Waals surface area contributed by atoms with Crippen LogP contribution in [0.25, 0.3) is 0 Å². The van der Waals surface area contributed by atoms with Crippen LogP contribution in [-0.4, -0.2) is 44.3 Å². The van der Waals surface area contributed by atoms with E-state index in [9.17, 15) is 0 Å². The van der Waals surface area contributed by atoms with Crippen LogP contribution in [0.1, 0.15) is 36.9 Å². The third-order valence-corrected chi connectivity index (χ3v) is 3.79. The van der Waals surface area contributed by atoms with E-state index in [2.05, 4.69) is 32.9 Å². The molecule has 1 aromatic heterocycles. The summed E-state index contributed by atoms with van der Waals surface area (Å²) in [4.78, 5) is 8.65. The molecule has 7 heteroatoms. The second-order valence-electron chi connectivity index (χ2n) is 4.85. The van der Waals surface area contributed by atoms with E-state index >= 15 is 0 Å². The number of guanidine groups is 1. The largest absolute Gasteiger partial charge is 0.381 e. The van der Waals surface area contributed by atoms with E-state index in [1.165, 1.54) is 6.42 Å². The Hall–Kier alpha value is -0.410. The number of nitrogens with zero attached hydrogens (tertiary/aromatic N) is 2. The first-order valence-electron chi connectivity index (χ1n) is 7.69. The third kappa shape index (κ3) is 10.3.